The third-order valence-corrected chi connectivity index (χ3v) is 6.06. The van der Waals surface area contributed by atoms with Crippen LogP contribution in [-0.2, 0) is 10.3 Å². The van der Waals surface area contributed by atoms with Crippen molar-refractivity contribution in [3.8, 4) is 0 Å². The smallest absolute Gasteiger partial charge is 0.411 e. The fourth-order valence-electron chi connectivity index (χ4n) is 3.89. The molecule has 1 unspecified atom stereocenters. The molecule has 1 aliphatic heterocycles. The quantitative estimate of drug-likeness (QED) is 0.416. The molecule has 0 saturated carbocycles. The summed E-state index contributed by atoms with van der Waals surface area (Å²) in [6, 6.07) is 10.0. The molecule has 0 radical (unpaired) electrons. The van der Waals surface area contributed by atoms with Crippen LogP contribution in [0.5, 0.6) is 0 Å². The molecule has 3 nitrogen and oxygen atoms in total. The Morgan fingerprint density at radius 3 is 2.63 bits per heavy atom. The zero-order chi connectivity index (χ0) is 19.7. The molecular weight excluding hydrogens is 402 g/mol. The first-order valence-electron chi connectivity index (χ1n) is 9.50. The molecule has 0 spiro atoms. The second kappa shape index (κ2) is 7.67. The van der Waals surface area contributed by atoms with Gasteiger partial charge in [-0.1, -0.05) is 76.6 Å². The van der Waals surface area contributed by atoms with Gasteiger partial charge < -0.3 is 9.64 Å². The highest BCUT2D eigenvalue weighted by atomic mass is 79.9. The summed E-state index contributed by atoms with van der Waals surface area (Å²) in [5, 5.41) is 0. The fourth-order valence-corrected chi connectivity index (χ4v) is 4.19. The molecule has 1 aromatic rings. The number of nitrogens with zero attached hydrogens (tertiary/aromatic N) is 1. The molecule has 1 saturated heterocycles. The van der Waals surface area contributed by atoms with Crippen molar-refractivity contribution in [2.45, 2.75) is 56.0 Å². The van der Waals surface area contributed by atoms with E-state index in [2.05, 4.69) is 54.6 Å². The lowest BCUT2D eigenvalue weighted by atomic mass is 9.83. The van der Waals surface area contributed by atoms with Gasteiger partial charge in [-0.3, -0.25) is 0 Å². The number of alkyl halides is 1. The van der Waals surface area contributed by atoms with Gasteiger partial charge in [0.25, 0.3) is 0 Å². The lowest BCUT2D eigenvalue weighted by Crippen LogP contribution is -2.51. The van der Waals surface area contributed by atoms with Gasteiger partial charge in [-0.2, -0.15) is 0 Å². The normalized spacial score (nSPS) is 29.1. The van der Waals surface area contributed by atoms with Gasteiger partial charge in [0.2, 0.25) is 0 Å². The van der Waals surface area contributed by atoms with Crippen molar-refractivity contribution in [2.24, 2.45) is 0 Å². The Labute approximate surface area is 170 Å². The number of carbonyl (C=O) groups is 1. The Balaban J connectivity index is 1.79. The predicted molar refractivity (Wildman–Crippen MR) is 114 cm³/mol. The molecular formula is C23H28BrNO2. The largest absolute Gasteiger partial charge is 0.437 e. The zero-order valence-electron chi connectivity index (χ0n) is 16.4. The van der Waals surface area contributed by atoms with E-state index in [4.69, 9.17) is 4.74 Å². The monoisotopic (exact) mass is 429 g/mol. The average molecular weight is 430 g/mol. The van der Waals surface area contributed by atoms with Crippen LogP contribution in [-0.4, -0.2) is 27.9 Å². The molecule has 0 aromatic heterocycles. The van der Waals surface area contributed by atoms with Crippen molar-refractivity contribution in [1.29, 1.82) is 0 Å². The van der Waals surface area contributed by atoms with Crippen LogP contribution in [0.4, 0.5) is 4.79 Å². The van der Waals surface area contributed by atoms with Crippen LogP contribution in [0, 0.1) is 0 Å². The standard InChI is InChI=1S/C23H28BrNO2/c1-17(2)16-23(20-8-6-5-7-9-20)14-15-25(21(26)27-23)18(3)19-10-12-22(4,24)13-11-19/h5-12,18H,1,13-16H2,2-4H3/t18-,22?,23-/m0/s1. The van der Waals surface area contributed by atoms with E-state index in [9.17, 15) is 4.79 Å². The fraction of sp³-hybridized carbons (Fsp3) is 0.435. The predicted octanol–water partition coefficient (Wildman–Crippen LogP) is 6.12. The number of cyclic esters (lactones) is 1. The summed E-state index contributed by atoms with van der Waals surface area (Å²) in [4.78, 5) is 14.8. The van der Waals surface area contributed by atoms with E-state index in [0.29, 0.717) is 13.0 Å². The van der Waals surface area contributed by atoms with Crippen LogP contribution in [0.3, 0.4) is 0 Å². The minimum atomic E-state index is -0.619. The minimum Gasteiger partial charge on any atom is -0.437 e. The van der Waals surface area contributed by atoms with E-state index >= 15 is 0 Å². The molecule has 144 valence electrons. The van der Waals surface area contributed by atoms with E-state index in [1.165, 1.54) is 0 Å². The molecule has 4 heteroatoms. The van der Waals surface area contributed by atoms with E-state index < -0.39 is 5.60 Å². The SMILES string of the molecule is C=C(C)C[C@]1(c2ccccc2)CCN([C@@H](C)C2=CCC(C)(Br)C=C2)C(=O)O1. The Morgan fingerprint density at radius 2 is 2.07 bits per heavy atom. The summed E-state index contributed by atoms with van der Waals surface area (Å²) in [6.07, 6.45) is 8.55. The Kier molecular flexibility index (Phi) is 5.66. The second-order valence-electron chi connectivity index (χ2n) is 8.00. The van der Waals surface area contributed by atoms with Gasteiger partial charge in [0.05, 0.1) is 6.04 Å². The number of benzene rings is 1. The number of halogens is 1. The van der Waals surface area contributed by atoms with Crippen molar-refractivity contribution in [3.05, 3.63) is 71.8 Å². The van der Waals surface area contributed by atoms with Gasteiger partial charge in [0, 0.05) is 23.7 Å². The highest BCUT2D eigenvalue weighted by molar-refractivity contribution is 9.10. The molecule has 3 atom stereocenters. The molecule has 1 heterocycles. The zero-order valence-corrected chi connectivity index (χ0v) is 18.0. The second-order valence-corrected chi connectivity index (χ2v) is 9.81. The Hall–Kier alpha value is -1.81. The van der Waals surface area contributed by atoms with Gasteiger partial charge in [0.15, 0.2) is 0 Å². The third-order valence-electron chi connectivity index (χ3n) is 5.47. The first-order valence-corrected chi connectivity index (χ1v) is 10.3. The highest BCUT2D eigenvalue weighted by Crippen LogP contribution is 2.40. The molecule has 1 aliphatic carbocycles. The van der Waals surface area contributed by atoms with Crippen molar-refractivity contribution in [2.75, 3.05) is 6.54 Å². The summed E-state index contributed by atoms with van der Waals surface area (Å²) in [5.41, 5.74) is 2.60. The number of hydrogen-bond acceptors (Lipinski definition) is 2. The lowest BCUT2D eigenvalue weighted by Gasteiger charge is -2.44. The molecule has 1 aromatic carbocycles. The number of amides is 1. The van der Waals surface area contributed by atoms with Crippen LogP contribution in [0.1, 0.15) is 45.6 Å². The number of ether oxygens (including phenoxy) is 1. The molecule has 1 amide bonds. The first kappa shape index (κ1) is 19.9. The summed E-state index contributed by atoms with van der Waals surface area (Å²) in [7, 11) is 0. The van der Waals surface area contributed by atoms with Gasteiger partial charge >= 0.3 is 6.09 Å². The lowest BCUT2D eigenvalue weighted by molar-refractivity contribution is -0.0570. The van der Waals surface area contributed by atoms with Crippen LogP contribution in [0.25, 0.3) is 0 Å². The third kappa shape index (κ3) is 4.37. The van der Waals surface area contributed by atoms with Crippen LogP contribution in [0.2, 0.25) is 0 Å². The Morgan fingerprint density at radius 1 is 1.37 bits per heavy atom. The van der Waals surface area contributed by atoms with Crippen molar-refractivity contribution >= 4 is 22.0 Å². The summed E-state index contributed by atoms with van der Waals surface area (Å²) < 4.78 is 6.10. The number of carbonyl (C=O) groups excluding carboxylic acids is 1. The van der Waals surface area contributed by atoms with E-state index in [-0.39, 0.29) is 16.5 Å². The molecule has 1 fully saturated rings. The maximum absolute atomic E-state index is 13.0. The van der Waals surface area contributed by atoms with E-state index in [0.717, 1.165) is 29.6 Å². The molecule has 2 aliphatic rings. The topological polar surface area (TPSA) is 29.5 Å². The minimum absolute atomic E-state index is 0.00256. The van der Waals surface area contributed by atoms with Crippen LogP contribution < -0.4 is 0 Å². The number of hydrogen-bond donors (Lipinski definition) is 0. The van der Waals surface area contributed by atoms with Crippen molar-refractivity contribution in [1.82, 2.24) is 4.90 Å². The average Bonchev–Trinajstić information content (AvgIpc) is 2.61. The van der Waals surface area contributed by atoms with Crippen LogP contribution >= 0.6 is 15.9 Å². The van der Waals surface area contributed by atoms with Gasteiger partial charge in [-0.05, 0) is 38.3 Å². The first-order chi connectivity index (χ1) is 12.7. The van der Waals surface area contributed by atoms with Crippen molar-refractivity contribution in [3.63, 3.8) is 0 Å². The summed E-state index contributed by atoms with van der Waals surface area (Å²) in [5.74, 6) is 0. The molecule has 3 rings (SSSR count). The summed E-state index contributed by atoms with van der Waals surface area (Å²) >= 11 is 3.70. The number of allylic oxidation sites excluding steroid dienone is 2. The Bertz CT molecular complexity index is 781. The maximum atomic E-state index is 13.0. The van der Waals surface area contributed by atoms with E-state index in [1.807, 2.05) is 42.2 Å². The van der Waals surface area contributed by atoms with Crippen LogP contribution in [0.15, 0.2) is 66.3 Å². The van der Waals surface area contributed by atoms with Gasteiger partial charge in [-0.15, -0.1) is 0 Å². The molecule has 0 N–H and O–H groups in total. The summed E-state index contributed by atoms with van der Waals surface area (Å²) in [6.45, 7) is 10.9. The van der Waals surface area contributed by atoms with Crippen molar-refractivity contribution < 1.29 is 9.53 Å². The van der Waals surface area contributed by atoms with Gasteiger partial charge in [0.1, 0.15) is 5.60 Å². The van der Waals surface area contributed by atoms with Gasteiger partial charge in [-0.25, -0.2) is 4.79 Å². The molecule has 27 heavy (non-hydrogen) atoms. The maximum Gasteiger partial charge on any atom is 0.411 e. The number of rotatable bonds is 5. The highest BCUT2D eigenvalue weighted by Gasteiger charge is 2.43. The van der Waals surface area contributed by atoms with E-state index in [1.54, 1.807) is 0 Å². The molecule has 0 bridgehead atoms.